The average molecular weight is 556 g/mol. The first-order chi connectivity index (χ1) is 19.2. The summed E-state index contributed by atoms with van der Waals surface area (Å²) in [6.45, 7) is 4.61. The highest BCUT2D eigenvalue weighted by atomic mass is 35.5. The molecule has 3 N–H and O–H groups in total. The van der Waals surface area contributed by atoms with Crippen LogP contribution in [0.3, 0.4) is 0 Å². The Balaban J connectivity index is 0.000000139. The molecule has 206 valence electrons. The van der Waals surface area contributed by atoms with E-state index in [-0.39, 0.29) is 23.8 Å². The van der Waals surface area contributed by atoms with Gasteiger partial charge in [-0.2, -0.15) is 0 Å². The predicted molar refractivity (Wildman–Crippen MR) is 160 cm³/mol. The zero-order valence-corrected chi connectivity index (χ0v) is 23.8. The fourth-order valence-electron chi connectivity index (χ4n) is 5.17. The Morgan fingerprint density at radius 2 is 1.27 bits per heavy atom. The van der Waals surface area contributed by atoms with E-state index in [1.165, 1.54) is 36.1 Å². The van der Waals surface area contributed by atoms with Gasteiger partial charge < -0.3 is 16.0 Å². The van der Waals surface area contributed by atoms with E-state index in [4.69, 9.17) is 11.6 Å². The lowest BCUT2D eigenvalue weighted by Crippen LogP contribution is -2.23. The summed E-state index contributed by atoms with van der Waals surface area (Å²) in [4.78, 5) is 32.7. The molecule has 6 nitrogen and oxygen atoms in total. The molecule has 7 heteroatoms. The van der Waals surface area contributed by atoms with Crippen LogP contribution in [0.2, 0.25) is 5.02 Å². The summed E-state index contributed by atoms with van der Waals surface area (Å²) in [6, 6.07) is 22.4. The lowest BCUT2D eigenvalue weighted by atomic mass is 10.1. The van der Waals surface area contributed by atoms with Crippen LogP contribution in [-0.2, 0) is 33.6 Å². The summed E-state index contributed by atoms with van der Waals surface area (Å²) in [7, 11) is 0. The van der Waals surface area contributed by atoms with Crippen molar-refractivity contribution in [2.24, 2.45) is 0 Å². The number of aryl methyl sites for hydroxylation is 1. The van der Waals surface area contributed by atoms with Gasteiger partial charge in [0.1, 0.15) is 0 Å². The van der Waals surface area contributed by atoms with Gasteiger partial charge in [0.25, 0.3) is 0 Å². The van der Waals surface area contributed by atoms with Crippen LogP contribution in [0, 0.1) is 0 Å². The normalized spacial score (nSPS) is 15.4. The van der Waals surface area contributed by atoms with Gasteiger partial charge in [0.15, 0.2) is 0 Å². The van der Waals surface area contributed by atoms with Crippen molar-refractivity contribution in [1.29, 1.82) is 0 Å². The standard InChI is InChI=1S/C11H10ClNO.C11H13NO.C11H11NO/c1-7(14)13-11-5-2-8-6-9(12)3-4-10(8)11;2*1-8(13)12-11-7-6-9-4-2-3-5-10(9)11/h3-6H,2H2,1H3,(H,13,14);2-5,11H,6-7H2,1H3,(H,12,13);2-5,7H,6H2,1H3,(H,12,13)/t;11-;/m.1./s1. The molecule has 0 radical (unpaired) electrons. The maximum absolute atomic E-state index is 10.9. The molecule has 0 bridgehead atoms. The number of carbonyl (C=O) groups is 3. The second-order valence-electron chi connectivity index (χ2n) is 9.96. The highest BCUT2D eigenvalue weighted by molar-refractivity contribution is 6.30. The Morgan fingerprint density at radius 1 is 0.700 bits per heavy atom. The molecule has 6 rings (SSSR count). The van der Waals surface area contributed by atoms with E-state index in [0.29, 0.717) is 0 Å². The highest BCUT2D eigenvalue weighted by Gasteiger charge is 2.22. The Hall–Kier alpha value is -4.16. The number of halogens is 1. The summed E-state index contributed by atoms with van der Waals surface area (Å²) in [5, 5.41) is 9.31. The number of carbonyl (C=O) groups excluding carboxylic acids is 3. The molecule has 0 aliphatic heterocycles. The first-order valence-electron chi connectivity index (χ1n) is 13.4. The van der Waals surface area contributed by atoms with Gasteiger partial charge in [-0.25, -0.2) is 0 Å². The van der Waals surface area contributed by atoms with E-state index in [0.717, 1.165) is 53.2 Å². The van der Waals surface area contributed by atoms with Crippen molar-refractivity contribution in [3.63, 3.8) is 0 Å². The third-order valence-corrected chi connectivity index (χ3v) is 7.08. The molecule has 0 aromatic heterocycles. The molecule has 3 aliphatic carbocycles. The Labute approximate surface area is 240 Å². The minimum Gasteiger partial charge on any atom is -0.350 e. The van der Waals surface area contributed by atoms with Crippen LogP contribution in [0.4, 0.5) is 0 Å². The van der Waals surface area contributed by atoms with Gasteiger partial charge >= 0.3 is 0 Å². The Kier molecular flexibility index (Phi) is 9.56. The number of amides is 3. The lowest BCUT2D eigenvalue weighted by Gasteiger charge is -2.11. The highest BCUT2D eigenvalue weighted by Crippen LogP contribution is 2.30. The molecule has 3 aromatic rings. The van der Waals surface area contributed by atoms with Gasteiger partial charge in [-0.15, -0.1) is 0 Å². The zero-order valence-electron chi connectivity index (χ0n) is 23.0. The molecule has 3 amide bonds. The van der Waals surface area contributed by atoms with Crippen molar-refractivity contribution in [2.45, 2.75) is 52.5 Å². The number of hydrogen-bond donors (Lipinski definition) is 3. The van der Waals surface area contributed by atoms with Crippen molar-refractivity contribution >= 4 is 40.7 Å². The summed E-state index contributed by atoms with van der Waals surface area (Å²) >= 11 is 5.87. The number of fused-ring (bicyclic) bond motifs is 3. The molecular formula is C33H34ClN3O3. The average Bonchev–Trinajstić information content (AvgIpc) is 3.62. The van der Waals surface area contributed by atoms with Gasteiger partial charge in [0.05, 0.1) is 6.04 Å². The topological polar surface area (TPSA) is 87.3 Å². The fraction of sp³-hybridized carbons (Fsp3) is 0.242. The van der Waals surface area contributed by atoms with Crippen LogP contribution < -0.4 is 16.0 Å². The summed E-state index contributed by atoms with van der Waals surface area (Å²) in [6.07, 6.45) is 7.94. The van der Waals surface area contributed by atoms with Crippen LogP contribution in [0.15, 0.2) is 78.9 Å². The van der Waals surface area contributed by atoms with Crippen molar-refractivity contribution < 1.29 is 14.4 Å². The molecular weight excluding hydrogens is 522 g/mol. The van der Waals surface area contributed by atoms with Gasteiger partial charge in [0.2, 0.25) is 17.7 Å². The first-order valence-corrected chi connectivity index (χ1v) is 13.8. The lowest BCUT2D eigenvalue weighted by molar-refractivity contribution is -0.120. The third kappa shape index (κ3) is 7.48. The fourth-order valence-corrected chi connectivity index (χ4v) is 5.36. The molecule has 0 saturated heterocycles. The largest absolute Gasteiger partial charge is 0.350 e. The van der Waals surface area contributed by atoms with Crippen LogP contribution >= 0.6 is 11.6 Å². The van der Waals surface area contributed by atoms with Gasteiger partial charge in [-0.3, -0.25) is 14.4 Å². The summed E-state index contributed by atoms with van der Waals surface area (Å²) in [5.74, 6) is 0.00343. The number of nitrogens with one attached hydrogen (secondary N) is 3. The number of hydrogen-bond acceptors (Lipinski definition) is 3. The Morgan fingerprint density at radius 3 is 1.93 bits per heavy atom. The quantitative estimate of drug-likeness (QED) is 0.376. The summed E-state index contributed by atoms with van der Waals surface area (Å²) in [5.41, 5.74) is 9.18. The van der Waals surface area contributed by atoms with Crippen LogP contribution in [0.25, 0.3) is 11.4 Å². The van der Waals surface area contributed by atoms with E-state index in [1.54, 1.807) is 6.92 Å². The Bertz CT molecular complexity index is 1490. The third-order valence-electron chi connectivity index (χ3n) is 6.85. The zero-order chi connectivity index (χ0) is 28.6. The molecule has 0 heterocycles. The van der Waals surface area contributed by atoms with Crippen molar-refractivity contribution in [3.8, 4) is 0 Å². The predicted octanol–water partition coefficient (Wildman–Crippen LogP) is 5.90. The van der Waals surface area contributed by atoms with E-state index in [9.17, 15) is 14.4 Å². The maximum atomic E-state index is 10.9. The van der Waals surface area contributed by atoms with E-state index < -0.39 is 0 Å². The monoisotopic (exact) mass is 555 g/mol. The number of allylic oxidation sites excluding steroid dienone is 2. The molecule has 3 aliphatic rings. The summed E-state index contributed by atoms with van der Waals surface area (Å²) < 4.78 is 0. The van der Waals surface area contributed by atoms with Crippen molar-refractivity contribution in [2.75, 3.05) is 0 Å². The van der Waals surface area contributed by atoms with E-state index in [2.05, 4.69) is 40.2 Å². The van der Waals surface area contributed by atoms with Crippen LogP contribution in [0.1, 0.15) is 66.6 Å². The van der Waals surface area contributed by atoms with E-state index >= 15 is 0 Å². The van der Waals surface area contributed by atoms with Crippen molar-refractivity contribution in [3.05, 3.63) is 117 Å². The molecule has 1 atom stereocenters. The molecule has 3 aromatic carbocycles. The smallest absolute Gasteiger partial charge is 0.221 e. The second kappa shape index (κ2) is 13.3. The molecule has 0 spiro atoms. The second-order valence-corrected chi connectivity index (χ2v) is 10.4. The van der Waals surface area contributed by atoms with Crippen LogP contribution in [0.5, 0.6) is 0 Å². The first kappa shape index (κ1) is 28.8. The van der Waals surface area contributed by atoms with Crippen LogP contribution in [-0.4, -0.2) is 17.7 Å². The molecule has 40 heavy (non-hydrogen) atoms. The molecule has 0 unspecified atom stereocenters. The number of rotatable bonds is 3. The van der Waals surface area contributed by atoms with Gasteiger partial charge in [-0.05, 0) is 60.1 Å². The van der Waals surface area contributed by atoms with Crippen molar-refractivity contribution in [1.82, 2.24) is 16.0 Å². The van der Waals surface area contributed by atoms with Gasteiger partial charge in [0, 0.05) is 48.3 Å². The molecule has 0 saturated carbocycles. The number of benzene rings is 3. The van der Waals surface area contributed by atoms with E-state index in [1.807, 2.05) is 54.6 Å². The SMILES string of the molecule is CC(=O)NC1=CCc2cc(Cl)ccc21.CC(=O)NC1=CCc2ccccc21.CC(=O)N[C@@H]1CCc2ccccc21. The minimum atomic E-state index is -0.0425. The maximum Gasteiger partial charge on any atom is 0.221 e. The molecule has 0 fully saturated rings. The van der Waals surface area contributed by atoms with Gasteiger partial charge in [-0.1, -0.05) is 78.4 Å². The minimum absolute atomic E-state index is 0.0112.